The Balaban J connectivity index is 2.23. The van der Waals surface area contributed by atoms with Crippen LogP contribution in [0.25, 0.3) is 11.0 Å². The normalized spacial score (nSPS) is 10.6. The van der Waals surface area contributed by atoms with Gasteiger partial charge in [0.1, 0.15) is 5.75 Å². The number of aryl methyl sites for hydroxylation is 1. The zero-order valence-corrected chi connectivity index (χ0v) is 9.43. The van der Waals surface area contributed by atoms with E-state index >= 15 is 0 Å². The first-order valence-corrected chi connectivity index (χ1v) is 5.32. The van der Waals surface area contributed by atoms with Crippen LogP contribution in [-0.4, -0.2) is 15.5 Å². The Kier molecular flexibility index (Phi) is 2.90. The van der Waals surface area contributed by atoms with E-state index in [0.29, 0.717) is 12.2 Å². The number of rotatable bonds is 3. The molecule has 84 valence electrons. The van der Waals surface area contributed by atoms with E-state index in [4.69, 9.17) is 4.74 Å². The fraction of sp³-hybridized carbons (Fsp3) is 0.333. The Hall–Kier alpha value is -1.84. The molecule has 2 rings (SSSR count). The van der Waals surface area contributed by atoms with Crippen molar-refractivity contribution >= 4 is 17.0 Å². The molecule has 0 aliphatic rings. The number of esters is 1. The number of fused-ring (bicyclic) bond motifs is 1. The molecule has 0 unspecified atom stereocenters. The minimum absolute atomic E-state index is 0.196. The van der Waals surface area contributed by atoms with Crippen molar-refractivity contribution in [2.24, 2.45) is 7.05 Å². The van der Waals surface area contributed by atoms with Crippen molar-refractivity contribution in [1.29, 1.82) is 0 Å². The number of hydrogen-bond donors (Lipinski definition) is 0. The van der Waals surface area contributed by atoms with E-state index in [-0.39, 0.29) is 5.97 Å². The molecule has 0 aliphatic heterocycles. The van der Waals surface area contributed by atoms with Crippen molar-refractivity contribution in [2.75, 3.05) is 0 Å². The van der Waals surface area contributed by atoms with Crippen molar-refractivity contribution < 1.29 is 9.53 Å². The maximum Gasteiger partial charge on any atom is 0.311 e. The van der Waals surface area contributed by atoms with Gasteiger partial charge in [0, 0.05) is 19.5 Å². The van der Waals surface area contributed by atoms with E-state index in [1.54, 1.807) is 18.5 Å². The van der Waals surface area contributed by atoms with Crippen LogP contribution in [0, 0.1) is 0 Å². The number of imidazole rings is 1. The molecule has 0 aliphatic carbocycles. The third-order valence-electron chi connectivity index (χ3n) is 2.38. The van der Waals surface area contributed by atoms with Gasteiger partial charge in [-0.25, -0.2) is 4.98 Å². The molecule has 4 heteroatoms. The van der Waals surface area contributed by atoms with Crippen LogP contribution in [0.4, 0.5) is 0 Å². The average molecular weight is 218 g/mol. The Morgan fingerprint density at radius 3 is 3.06 bits per heavy atom. The van der Waals surface area contributed by atoms with Crippen molar-refractivity contribution in [2.45, 2.75) is 19.8 Å². The summed E-state index contributed by atoms with van der Waals surface area (Å²) in [5.74, 6) is 0.363. The number of carbonyl (C=O) groups is 1. The molecule has 0 bridgehead atoms. The summed E-state index contributed by atoms with van der Waals surface area (Å²) in [7, 11) is 1.93. The molecule has 2 aromatic rings. The second-order valence-electron chi connectivity index (χ2n) is 3.73. The van der Waals surface area contributed by atoms with Gasteiger partial charge in [-0.2, -0.15) is 0 Å². The predicted molar refractivity (Wildman–Crippen MR) is 61.3 cm³/mol. The second-order valence-corrected chi connectivity index (χ2v) is 3.73. The molecular formula is C12H14N2O2. The highest BCUT2D eigenvalue weighted by Crippen LogP contribution is 2.19. The van der Waals surface area contributed by atoms with E-state index in [2.05, 4.69) is 4.98 Å². The number of hydrogen-bond acceptors (Lipinski definition) is 3. The summed E-state index contributed by atoms with van der Waals surface area (Å²) in [6.07, 6.45) is 2.98. The second kappa shape index (κ2) is 4.35. The Morgan fingerprint density at radius 2 is 2.31 bits per heavy atom. The van der Waals surface area contributed by atoms with Gasteiger partial charge in [-0.15, -0.1) is 0 Å². The van der Waals surface area contributed by atoms with Gasteiger partial charge in [-0.1, -0.05) is 6.92 Å². The Morgan fingerprint density at radius 1 is 1.50 bits per heavy atom. The van der Waals surface area contributed by atoms with Gasteiger partial charge in [0.15, 0.2) is 0 Å². The fourth-order valence-corrected chi connectivity index (χ4v) is 1.57. The molecule has 0 saturated carbocycles. The molecular weight excluding hydrogens is 204 g/mol. The highest BCUT2D eigenvalue weighted by atomic mass is 16.5. The Labute approximate surface area is 93.9 Å². The summed E-state index contributed by atoms with van der Waals surface area (Å²) in [6, 6.07) is 5.47. The number of aromatic nitrogens is 2. The molecule has 0 amide bonds. The number of ether oxygens (including phenoxy) is 1. The van der Waals surface area contributed by atoms with Crippen LogP contribution in [0.2, 0.25) is 0 Å². The Bertz CT molecular complexity index is 517. The lowest BCUT2D eigenvalue weighted by molar-refractivity contribution is -0.134. The lowest BCUT2D eigenvalue weighted by Crippen LogP contribution is -2.06. The van der Waals surface area contributed by atoms with E-state index < -0.39 is 0 Å². The molecule has 0 N–H and O–H groups in total. The molecule has 0 atom stereocenters. The summed E-state index contributed by atoms with van der Waals surface area (Å²) in [6.45, 7) is 1.95. The van der Waals surface area contributed by atoms with Gasteiger partial charge in [-0.3, -0.25) is 4.79 Å². The third kappa shape index (κ3) is 2.05. The molecule has 16 heavy (non-hydrogen) atoms. The molecule has 1 heterocycles. The van der Waals surface area contributed by atoms with Crippen LogP contribution in [0.15, 0.2) is 24.5 Å². The molecule has 0 radical (unpaired) electrons. The molecule has 1 aromatic carbocycles. The van der Waals surface area contributed by atoms with Crippen molar-refractivity contribution in [3.05, 3.63) is 24.5 Å². The van der Waals surface area contributed by atoms with E-state index in [0.717, 1.165) is 17.5 Å². The predicted octanol–water partition coefficient (Wildman–Crippen LogP) is 2.28. The number of benzene rings is 1. The van der Waals surface area contributed by atoms with Crippen LogP contribution < -0.4 is 4.74 Å². The van der Waals surface area contributed by atoms with Gasteiger partial charge in [0.25, 0.3) is 0 Å². The lowest BCUT2D eigenvalue weighted by Gasteiger charge is -2.03. The van der Waals surface area contributed by atoms with Crippen LogP contribution in [0.3, 0.4) is 0 Å². The quantitative estimate of drug-likeness (QED) is 0.586. The summed E-state index contributed by atoms with van der Waals surface area (Å²) in [5, 5.41) is 0. The first-order chi connectivity index (χ1) is 7.70. The van der Waals surface area contributed by atoms with E-state index in [1.165, 1.54) is 0 Å². The summed E-state index contributed by atoms with van der Waals surface area (Å²) >= 11 is 0. The lowest BCUT2D eigenvalue weighted by atomic mass is 10.3. The number of carbonyl (C=O) groups excluding carboxylic acids is 1. The highest BCUT2D eigenvalue weighted by Gasteiger charge is 2.05. The third-order valence-corrected chi connectivity index (χ3v) is 2.38. The highest BCUT2D eigenvalue weighted by molar-refractivity contribution is 5.79. The summed E-state index contributed by atoms with van der Waals surface area (Å²) < 4.78 is 7.11. The molecule has 0 fully saturated rings. The molecule has 0 saturated heterocycles. The van der Waals surface area contributed by atoms with Crippen LogP contribution in [0.5, 0.6) is 5.75 Å². The van der Waals surface area contributed by atoms with E-state index in [1.807, 2.05) is 24.6 Å². The first kappa shape index (κ1) is 10.7. The molecule has 1 aromatic heterocycles. The van der Waals surface area contributed by atoms with Crippen LogP contribution >= 0.6 is 0 Å². The van der Waals surface area contributed by atoms with Crippen LogP contribution in [-0.2, 0) is 11.8 Å². The molecule has 4 nitrogen and oxygen atoms in total. The number of nitrogens with zero attached hydrogens (tertiary/aromatic N) is 2. The smallest absolute Gasteiger partial charge is 0.311 e. The summed E-state index contributed by atoms with van der Waals surface area (Å²) in [4.78, 5) is 15.5. The minimum Gasteiger partial charge on any atom is -0.426 e. The monoisotopic (exact) mass is 218 g/mol. The van der Waals surface area contributed by atoms with Crippen molar-refractivity contribution in [1.82, 2.24) is 9.55 Å². The van der Waals surface area contributed by atoms with E-state index in [9.17, 15) is 4.79 Å². The van der Waals surface area contributed by atoms with Gasteiger partial charge in [0.2, 0.25) is 0 Å². The zero-order valence-electron chi connectivity index (χ0n) is 9.43. The van der Waals surface area contributed by atoms with Crippen LogP contribution in [0.1, 0.15) is 19.8 Å². The standard InChI is InChI=1S/C12H14N2O2/c1-3-4-12(15)16-9-5-6-11-10(7-9)13-8-14(11)2/h5-8H,3-4H2,1-2H3. The average Bonchev–Trinajstić information content (AvgIpc) is 2.60. The van der Waals surface area contributed by atoms with Crippen molar-refractivity contribution in [3.8, 4) is 5.75 Å². The minimum atomic E-state index is -0.196. The van der Waals surface area contributed by atoms with Gasteiger partial charge >= 0.3 is 5.97 Å². The maximum atomic E-state index is 11.3. The van der Waals surface area contributed by atoms with Gasteiger partial charge in [0.05, 0.1) is 17.4 Å². The molecule has 0 spiro atoms. The maximum absolute atomic E-state index is 11.3. The SMILES string of the molecule is CCCC(=O)Oc1ccc2c(c1)ncn2C. The largest absolute Gasteiger partial charge is 0.426 e. The van der Waals surface area contributed by atoms with Crippen molar-refractivity contribution in [3.63, 3.8) is 0 Å². The van der Waals surface area contributed by atoms with Gasteiger partial charge in [-0.05, 0) is 18.6 Å². The topological polar surface area (TPSA) is 44.1 Å². The first-order valence-electron chi connectivity index (χ1n) is 5.32. The zero-order chi connectivity index (χ0) is 11.5. The van der Waals surface area contributed by atoms with Gasteiger partial charge < -0.3 is 9.30 Å². The summed E-state index contributed by atoms with van der Waals surface area (Å²) in [5.41, 5.74) is 1.86. The fourth-order valence-electron chi connectivity index (χ4n) is 1.57.